The first-order valence-electron chi connectivity index (χ1n) is 10.3. The fraction of sp³-hybridized carbons (Fsp3) is 0.280. The van der Waals surface area contributed by atoms with Crippen molar-refractivity contribution in [2.75, 3.05) is 20.2 Å². The lowest BCUT2D eigenvalue weighted by atomic mass is 9.75. The number of aromatic nitrogens is 2. The maximum absolute atomic E-state index is 13.3. The summed E-state index contributed by atoms with van der Waals surface area (Å²) in [5, 5.41) is 9.95. The van der Waals surface area contributed by atoms with E-state index in [0.29, 0.717) is 37.9 Å². The van der Waals surface area contributed by atoms with Gasteiger partial charge in [-0.1, -0.05) is 30.3 Å². The number of hydrogen-bond acceptors (Lipinski definition) is 5. The Bertz CT molecular complexity index is 1080. The third-order valence-corrected chi connectivity index (χ3v) is 5.96. The highest BCUT2D eigenvalue weighted by Gasteiger charge is 2.36. The predicted octanol–water partition coefficient (Wildman–Crippen LogP) is 4.14. The van der Waals surface area contributed by atoms with E-state index in [1.54, 1.807) is 19.4 Å². The second kappa shape index (κ2) is 8.97. The molecule has 0 saturated carbocycles. The first-order valence-corrected chi connectivity index (χ1v) is 10.3. The van der Waals surface area contributed by atoms with Gasteiger partial charge in [0.25, 0.3) is 5.91 Å². The van der Waals surface area contributed by atoms with Gasteiger partial charge in [-0.3, -0.25) is 4.79 Å². The van der Waals surface area contributed by atoms with Crippen LogP contribution < -0.4 is 4.74 Å². The normalized spacial score (nSPS) is 15.2. The lowest BCUT2D eigenvalue weighted by Gasteiger charge is -2.37. The largest absolute Gasteiger partial charge is 0.497 e. The molecule has 2 heterocycles. The van der Waals surface area contributed by atoms with E-state index in [0.717, 1.165) is 22.6 Å². The molecule has 3 aromatic rings. The van der Waals surface area contributed by atoms with Gasteiger partial charge in [-0.25, -0.2) is 9.97 Å². The van der Waals surface area contributed by atoms with Crippen LogP contribution in [-0.4, -0.2) is 41.0 Å². The SMILES string of the molecule is COc1ccc(CC2(C#N)CCN(C(=O)c3ccccc3-c3ccncn3)CC2)cc1. The van der Waals surface area contributed by atoms with Crippen molar-refractivity contribution in [3.05, 3.63) is 78.2 Å². The van der Waals surface area contributed by atoms with Crippen molar-refractivity contribution in [2.24, 2.45) is 5.41 Å². The van der Waals surface area contributed by atoms with E-state index in [9.17, 15) is 10.1 Å². The van der Waals surface area contributed by atoms with Crippen molar-refractivity contribution in [1.29, 1.82) is 5.26 Å². The molecule has 1 aliphatic heterocycles. The lowest BCUT2D eigenvalue weighted by Crippen LogP contribution is -2.43. The third kappa shape index (κ3) is 4.41. The number of carbonyl (C=O) groups is 1. The van der Waals surface area contributed by atoms with Crippen LogP contribution >= 0.6 is 0 Å². The molecule has 0 bridgehead atoms. The molecule has 0 aliphatic carbocycles. The summed E-state index contributed by atoms with van der Waals surface area (Å²) in [6.45, 7) is 1.11. The second-order valence-electron chi connectivity index (χ2n) is 7.85. The van der Waals surface area contributed by atoms with Gasteiger partial charge in [-0.05, 0) is 49.1 Å². The van der Waals surface area contributed by atoms with Gasteiger partial charge in [0.2, 0.25) is 0 Å². The van der Waals surface area contributed by atoms with E-state index in [-0.39, 0.29) is 5.91 Å². The fourth-order valence-electron chi connectivity index (χ4n) is 4.11. The summed E-state index contributed by atoms with van der Waals surface area (Å²) in [7, 11) is 1.64. The first kappa shape index (κ1) is 20.5. The fourth-order valence-corrected chi connectivity index (χ4v) is 4.11. The van der Waals surface area contributed by atoms with Crippen molar-refractivity contribution in [3.8, 4) is 23.1 Å². The highest BCUT2D eigenvalue weighted by atomic mass is 16.5. The van der Waals surface area contributed by atoms with Gasteiger partial charge in [0, 0.05) is 30.4 Å². The third-order valence-electron chi connectivity index (χ3n) is 5.96. The molecule has 1 aromatic heterocycles. The van der Waals surface area contributed by atoms with E-state index in [2.05, 4.69) is 16.0 Å². The number of rotatable bonds is 5. The van der Waals surface area contributed by atoms with Gasteiger partial charge < -0.3 is 9.64 Å². The summed E-state index contributed by atoms with van der Waals surface area (Å²) in [6.07, 6.45) is 5.13. The van der Waals surface area contributed by atoms with Crippen LogP contribution in [0.1, 0.15) is 28.8 Å². The number of benzene rings is 2. The van der Waals surface area contributed by atoms with E-state index in [1.165, 1.54) is 6.33 Å². The molecule has 0 radical (unpaired) electrons. The highest BCUT2D eigenvalue weighted by molar-refractivity contribution is 6.00. The Kier molecular flexibility index (Phi) is 5.94. The number of nitrogens with zero attached hydrogens (tertiary/aromatic N) is 4. The number of nitriles is 1. The molecule has 0 unspecified atom stereocenters. The Morgan fingerprint density at radius 3 is 2.52 bits per heavy atom. The molecule has 1 fully saturated rings. The molecule has 0 atom stereocenters. The summed E-state index contributed by atoms with van der Waals surface area (Å²) in [5.41, 5.74) is 2.79. The smallest absolute Gasteiger partial charge is 0.254 e. The summed E-state index contributed by atoms with van der Waals surface area (Å²) in [5.74, 6) is 0.780. The Hall–Kier alpha value is -3.72. The van der Waals surface area contributed by atoms with Crippen LogP contribution in [0.15, 0.2) is 67.1 Å². The van der Waals surface area contributed by atoms with Crippen LogP contribution in [0.4, 0.5) is 0 Å². The lowest BCUT2D eigenvalue weighted by molar-refractivity contribution is 0.0648. The van der Waals surface area contributed by atoms with Gasteiger partial charge in [0.1, 0.15) is 12.1 Å². The quantitative estimate of drug-likeness (QED) is 0.629. The number of methoxy groups -OCH3 is 1. The number of piperidine rings is 1. The molecule has 6 nitrogen and oxygen atoms in total. The van der Waals surface area contributed by atoms with E-state index in [4.69, 9.17) is 4.74 Å². The zero-order chi connectivity index (χ0) is 21.7. The molecule has 2 aromatic carbocycles. The number of carbonyl (C=O) groups excluding carboxylic acids is 1. The Balaban J connectivity index is 1.48. The molecular formula is C25H24N4O2. The van der Waals surface area contributed by atoms with Gasteiger partial charge in [-0.15, -0.1) is 0 Å². The minimum Gasteiger partial charge on any atom is -0.497 e. The minimum atomic E-state index is -0.461. The number of hydrogen-bond donors (Lipinski definition) is 0. The Labute approximate surface area is 182 Å². The van der Waals surface area contributed by atoms with Crippen LogP contribution in [0.2, 0.25) is 0 Å². The standard InChI is InChI=1S/C25H24N4O2/c1-31-20-8-6-19(7-9-20)16-25(17-26)11-14-29(15-12-25)24(30)22-5-3-2-4-21(22)23-10-13-27-18-28-23/h2-10,13,18H,11-12,14-16H2,1H3. The van der Waals surface area contributed by atoms with E-state index < -0.39 is 5.41 Å². The summed E-state index contributed by atoms with van der Waals surface area (Å²) in [6, 6.07) is 19.7. The number of ether oxygens (including phenoxy) is 1. The topological polar surface area (TPSA) is 79.1 Å². The van der Waals surface area contributed by atoms with Crippen LogP contribution in [0, 0.1) is 16.7 Å². The maximum atomic E-state index is 13.3. The van der Waals surface area contributed by atoms with Gasteiger partial charge in [-0.2, -0.15) is 5.26 Å². The molecule has 1 aliphatic rings. The molecule has 6 heteroatoms. The van der Waals surface area contributed by atoms with Crippen molar-refractivity contribution >= 4 is 5.91 Å². The van der Waals surface area contributed by atoms with Crippen LogP contribution in [0.3, 0.4) is 0 Å². The molecule has 4 rings (SSSR count). The molecule has 1 saturated heterocycles. The van der Waals surface area contributed by atoms with Crippen LogP contribution in [0.5, 0.6) is 5.75 Å². The molecule has 1 amide bonds. The van der Waals surface area contributed by atoms with Crippen LogP contribution in [-0.2, 0) is 6.42 Å². The van der Waals surface area contributed by atoms with Crippen molar-refractivity contribution in [2.45, 2.75) is 19.3 Å². The second-order valence-corrected chi connectivity index (χ2v) is 7.85. The zero-order valence-electron chi connectivity index (χ0n) is 17.5. The molecular weight excluding hydrogens is 388 g/mol. The summed E-state index contributed by atoms with van der Waals surface area (Å²) >= 11 is 0. The number of likely N-dealkylation sites (tertiary alicyclic amines) is 1. The molecule has 0 N–H and O–H groups in total. The summed E-state index contributed by atoms with van der Waals surface area (Å²) < 4.78 is 5.22. The molecule has 156 valence electrons. The molecule has 31 heavy (non-hydrogen) atoms. The van der Waals surface area contributed by atoms with Crippen LogP contribution in [0.25, 0.3) is 11.3 Å². The van der Waals surface area contributed by atoms with E-state index >= 15 is 0 Å². The van der Waals surface area contributed by atoms with Crippen molar-refractivity contribution in [1.82, 2.24) is 14.9 Å². The zero-order valence-corrected chi connectivity index (χ0v) is 17.5. The first-order chi connectivity index (χ1) is 15.1. The number of amides is 1. The average Bonchev–Trinajstić information content (AvgIpc) is 2.85. The highest BCUT2D eigenvalue weighted by Crippen LogP contribution is 2.36. The Morgan fingerprint density at radius 2 is 1.87 bits per heavy atom. The minimum absolute atomic E-state index is 0.0230. The van der Waals surface area contributed by atoms with E-state index in [1.807, 2.05) is 53.4 Å². The van der Waals surface area contributed by atoms with Gasteiger partial charge in [0.05, 0.1) is 24.3 Å². The van der Waals surface area contributed by atoms with Crippen molar-refractivity contribution < 1.29 is 9.53 Å². The van der Waals surface area contributed by atoms with Crippen molar-refractivity contribution in [3.63, 3.8) is 0 Å². The predicted molar refractivity (Wildman–Crippen MR) is 117 cm³/mol. The Morgan fingerprint density at radius 1 is 1.13 bits per heavy atom. The van der Waals surface area contributed by atoms with Gasteiger partial charge in [0.15, 0.2) is 0 Å². The molecule has 0 spiro atoms. The average molecular weight is 412 g/mol. The van der Waals surface area contributed by atoms with Gasteiger partial charge >= 0.3 is 0 Å². The summed E-state index contributed by atoms with van der Waals surface area (Å²) in [4.78, 5) is 23.4. The monoisotopic (exact) mass is 412 g/mol. The maximum Gasteiger partial charge on any atom is 0.254 e.